The summed E-state index contributed by atoms with van der Waals surface area (Å²) in [6, 6.07) is 1.68. The summed E-state index contributed by atoms with van der Waals surface area (Å²) in [4.78, 5) is 34.7. The Kier molecular flexibility index (Phi) is 6.80. The van der Waals surface area contributed by atoms with Gasteiger partial charge >= 0.3 is 12.1 Å². The summed E-state index contributed by atoms with van der Waals surface area (Å²) >= 11 is 5.84. The molecule has 1 atom stereocenters. The van der Waals surface area contributed by atoms with Gasteiger partial charge in [0.1, 0.15) is 6.04 Å². The minimum atomic E-state index is -4.77. The average molecular weight is 381 g/mol. The molecule has 0 aliphatic rings. The number of rotatable bonds is 6. The Bertz CT molecular complexity index is 677. The van der Waals surface area contributed by atoms with Gasteiger partial charge in [-0.1, -0.05) is 25.4 Å². The fourth-order valence-corrected chi connectivity index (χ4v) is 1.93. The summed E-state index contributed by atoms with van der Waals surface area (Å²) in [5.41, 5.74) is -0.0485. The van der Waals surface area contributed by atoms with Gasteiger partial charge in [-0.05, 0) is 18.2 Å². The van der Waals surface area contributed by atoms with Gasteiger partial charge in [-0.2, -0.15) is 13.2 Å². The summed E-state index contributed by atoms with van der Waals surface area (Å²) in [5, 5.41) is 13.0. The second kappa shape index (κ2) is 8.19. The molecule has 25 heavy (non-hydrogen) atoms. The van der Waals surface area contributed by atoms with E-state index >= 15 is 0 Å². The van der Waals surface area contributed by atoms with Crippen LogP contribution < -0.4 is 10.6 Å². The number of benzene rings is 1. The maximum absolute atomic E-state index is 12.4. The van der Waals surface area contributed by atoms with Gasteiger partial charge in [0.25, 0.3) is 5.91 Å². The molecule has 1 unspecified atom stereocenters. The smallest absolute Gasteiger partial charge is 0.391 e. The van der Waals surface area contributed by atoms with Crippen molar-refractivity contribution in [2.45, 2.75) is 32.5 Å². The minimum Gasteiger partial charge on any atom is -0.480 e. The maximum atomic E-state index is 12.4. The Morgan fingerprint density at radius 3 is 2.32 bits per heavy atom. The number of aliphatic carboxylic acids is 1. The molecule has 3 N–H and O–H groups in total. The lowest BCUT2D eigenvalue weighted by Gasteiger charge is -2.17. The lowest BCUT2D eigenvalue weighted by Crippen LogP contribution is -2.43. The van der Waals surface area contributed by atoms with Crippen molar-refractivity contribution >= 4 is 35.1 Å². The number of carbonyl (C=O) groups is 3. The lowest BCUT2D eigenvalue weighted by molar-refractivity contribution is -0.157. The van der Waals surface area contributed by atoms with Gasteiger partial charge < -0.3 is 15.7 Å². The van der Waals surface area contributed by atoms with Gasteiger partial charge in [-0.25, -0.2) is 4.79 Å². The highest BCUT2D eigenvalue weighted by atomic mass is 35.5. The Hall–Kier alpha value is -2.29. The molecular weight excluding hydrogens is 365 g/mol. The third-order valence-electron chi connectivity index (χ3n) is 3.04. The predicted octanol–water partition coefficient (Wildman–Crippen LogP) is 3.07. The summed E-state index contributed by atoms with van der Waals surface area (Å²) in [5.74, 6) is -3.60. The molecule has 0 bridgehead atoms. The van der Waals surface area contributed by atoms with E-state index in [1.165, 1.54) is 12.1 Å². The van der Waals surface area contributed by atoms with Gasteiger partial charge in [0.15, 0.2) is 0 Å². The molecule has 0 fully saturated rings. The number of carbonyl (C=O) groups excluding carboxylic acids is 2. The van der Waals surface area contributed by atoms with Crippen LogP contribution in [-0.4, -0.2) is 35.1 Å². The zero-order chi connectivity index (χ0) is 19.4. The fraction of sp³-hybridized carbons (Fsp3) is 0.400. The average Bonchev–Trinajstić information content (AvgIpc) is 2.46. The van der Waals surface area contributed by atoms with Crippen LogP contribution in [0.2, 0.25) is 5.02 Å². The number of anilines is 1. The third-order valence-corrected chi connectivity index (χ3v) is 3.37. The van der Waals surface area contributed by atoms with E-state index in [9.17, 15) is 27.6 Å². The van der Waals surface area contributed by atoms with E-state index in [1.54, 1.807) is 19.2 Å². The van der Waals surface area contributed by atoms with Gasteiger partial charge in [0, 0.05) is 11.6 Å². The molecule has 2 amide bonds. The van der Waals surface area contributed by atoms with Crippen molar-refractivity contribution in [2.24, 2.45) is 5.92 Å². The quantitative estimate of drug-likeness (QED) is 0.706. The van der Waals surface area contributed by atoms with Crippen LogP contribution in [-0.2, 0) is 9.59 Å². The van der Waals surface area contributed by atoms with Crippen LogP contribution in [0.1, 0.15) is 30.6 Å². The molecule has 6 nitrogen and oxygen atoms in total. The largest absolute Gasteiger partial charge is 0.480 e. The zero-order valence-electron chi connectivity index (χ0n) is 13.3. The predicted molar refractivity (Wildman–Crippen MR) is 84.5 cm³/mol. The number of carboxylic acids is 1. The molecule has 0 saturated heterocycles. The van der Waals surface area contributed by atoms with E-state index < -0.39 is 30.5 Å². The monoisotopic (exact) mass is 380 g/mol. The Labute approximate surface area is 146 Å². The van der Waals surface area contributed by atoms with E-state index in [1.807, 2.05) is 0 Å². The van der Waals surface area contributed by atoms with Gasteiger partial charge in [-0.15, -0.1) is 0 Å². The molecule has 1 aromatic carbocycles. The molecule has 1 aromatic rings. The first-order chi connectivity index (χ1) is 11.4. The van der Waals surface area contributed by atoms with Gasteiger partial charge in [-0.3, -0.25) is 9.59 Å². The first kappa shape index (κ1) is 20.8. The standard InChI is InChI=1S/C15H16ClF3N2O4/c1-7(2)12(22)20-8-3-4-10(16)9(5-8)13(23)21-11(14(24)25)6-15(17,18)19/h3-5,7,11H,6H2,1-2H3,(H,20,22)(H,21,23)(H,24,25). The van der Waals surface area contributed by atoms with Crippen molar-refractivity contribution in [3.63, 3.8) is 0 Å². The first-order valence-corrected chi connectivity index (χ1v) is 7.49. The van der Waals surface area contributed by atoms with E-state index in [0.29, 0.717) is 0 Å². The highest BCUT2D eigenvalue weighted by molar-refractivity contribution is 6.34. The Balaban J connectivity index is 2.99. The highest BCUT2D eigenvalue weighted by Gasteiger charge is 2.36. The van der Waals surface area contributed by atoms with Gasteiger partial charge in [0.05, 0.1) is 17.0 Å². The molecular formula is C15H16ClF3N2O4. The molecule has 10 heteroatoms. The molecule has 0 radical (unpaired) electrons. The molecule has 0 aliphatic carbocycles. The molecule has 0 saturated carbocycles. The minimum absolute atomic E-state index is 0.101. The van der Waals surface area contributed by atoms with E-state index in [2.05, 4.69) is 5.32 Å². The number of amides is 2. The van der Waals surface area contributed by atoms with Crippen molar-refractivity contribution in [3.05, 3.63) is 28.8 Å². The van der Waals surface area contributed by atoms with Crippen molar-refractivity contribution in [1.29, 1.82) is 0 Å². The van der Waals surface area contributed by atoms with Crippen molar-refractivity contribution < 1.29 is 32.7 Å². The van der Waals surface area contributed by atoms with Crippen LogP contribution in [0.4, 0.5) is 18.9 Å². The number of alkyl halides is 3. The molecule has 0 aromatic heterocycles. The van der Waals surface area contributed by atoms with E-state index in [0.717, 1.165) is 6.07 Å². The van der Waals surface area contributed by atoms with Crippen molar-refractivity contribution in [1.82, 2.24) is 5.32 Å². The van der Waals surface area contributed by atoms with Crippen LogP contribution in [0.5, 0.6) is 0 Å². The van der Waals surface area contributed by atoms with E-state index in [-0.39, 0.29) is 28.1 Å². The van der Waals surface area contributed by atoms with Crippen molar-refractivity contribution in [2.75, 3.05) is 5.32 Å². The fourth-order valence-electron chi connectivity index (χ4n) is 1.73. The van der Waals surface area contributed by atoms with Crippen LogP contribution in [0.25, 0.3) is 0 Å². The normalized spacial score (nSPS) is 12.6. The topological polar surface area (TPSA) is 95.5 Å². The van der Waals surface area contributed by atoms with Crippen LogP contribution in [0.3, 0.4) is 0 Å². The second-order valence-electron chi connectivity index (χ2n) is 5.52. The van der Waals surface area contributed by atoms with Crippen LogP contribution in [0, 0.1) is 5.92 Å². The van der Waals surface area contributed by atoms with Crippen LogP contribution >= 0.6 is 11.6 Å². The second-order valence-corrected chi connectivity index (χ2v) is 5.93. The van der Waals surface area contributed by atoms with Crippen LogP contribution in [0.15, 0.2) is 18.2 Å². The lowest BCUT2D eigenvalue weighted by atomic mass is 10.1. The number of nitrogens with one attached hydrogen (secondary N) is 2. The van der Waals surface area contributed by atoms with Gasteiger partial charge in [0.2, 0.25) is 5.91 Å². The summed E-state index contributed by atoms with van der Waals surface area (Å²) in [6.07, 6.45) is -6.50. The number of hydrogen-bond donors (Lipinski definition) is 3. The molecule has 0 spiro atoms. The first-order valence-electron chi connectivity index (χ1n) is 7.11. The number of hydrogen-bond acceptors (Lipinski definition) is 3. The summed E-state index contributed by atoms with van der Waals surface area (Å²) in [6.45, 7) is 3.29. The Morgan fingerprint density at radius 1 is 1.24 bits per heavy atom. The maximum Gasteiger partial charge on any atom is 0.391 e. The molecule has 138 valence electrons. The summed E-state index contributed by atoms with van der Waals surface area (Å²) in [7, 11) is 0. The molecule has 0 aliphatic heterocycles. The highest BCUT2D eigenvalue weighted by Crippen LogP contribution is 2.24. The molecule has 0 heterocycles. The summed E-state index contributed by atoms with van der Waals surface area (Å²) < 4.78 is 37.2. The number of halogens is 4. The van der Waals surface area contributed by atoms with Crippen molar-refractivity contribution in [3.8, 4) is 0 Å². The zero-order valence-corrected chi connectivity index (χ0v) is 14.0. The van der Waals surface area contributed by atoms with E-state index in [4.69, 9.17) is 16.7 Å². The third kappa shape index (κ3) is 6.61. The Morgan fingerprint density at radius 2 is 1.84 bits per heavy atom. The number of carboxylic acid groups (broad SMARTS) is 1. The SMILES string of the molecule is CC(C)C(=O)Nc1ccc(Cl)c(C(=O)NC(CC(F)(F)F)C(=O)O)c1. The molecule has 1 rings (SSSR count).